The number of nitrogen functional groups attached to an aromatic ring is 1. The van der Waals surface area contributed by atoms with Gasteiger partial charge in [0.2, 0.25) is 0 Å². The average molecular weight is 275 g/mol. The summed E-state index contributed by atoms with van der Waals surface area (Å²) in [6, 6.07) is 6.99. The number of rotatable bonds is 3. The second kappa shape index (κ2) is 6.26. The third-order valence-electron chi connectivity index (χ3n) is 3.05. The predicted molar refractivity (Wildman–Crippen MR) is 73.3 cm³/mol. The van der Waals surface area contributed by atoms with Crippen LogP contribution in [-0.4, -0.2) is 43.2 Å². The summed E-state index contributed by atoms with van der Waals surface area (Å²) >= 11 is 0. The van der Waals surface area contributed by atoms with Crippen LogP contribution < -0.4 is 10.5 Å². The van der Waals surface area contributed by atoms with E-state index < -0.39 is 6.10 Å². The molecule has 1 saturated heterocycles. The van der Waals surface area contributed by atoms with E-state index in [1.165, 1.54) is 0 Å². The molecule has 0 radical (unpaired) electrons. The highest BCUT2D eigenvalue weighted by molar-refractivity contribution is 5.95. The van der Waals surface area contributed by atoms with Gasteiger partial charge in [-0.25, -0.2) is 0 Å². The van der Waals surface area contributed by atoms with E-state index in [-0.39, 0.29) is 12.5 Å². The van der Waals surface area contributed by atoms with Gasteiger partial charge in [-0.3, -0.25) is 4.79 Å². The quantitative estimate of drug-likeness (QED) is 0.832. The fourth-order valence-electron chi connectivity index (χ4n) is 2.06. The molecular weight excluding hydrogens is 258 g/mol. The van der Waals surface area contributed by atoms with E-state index in [4.69, 9.17) is 20.5 Å². The van der Waals surface area contributed by atoms with Crippen LogP contribution in [0.25, 0.3) is 0 Å². The number of benzene rings is 1. The van der Waals surface area contributed by atoms with Gasteiger partial charge in [-0.15, -0.1) is 0 Å². The topological polar surface area (TPSA) is 88.6 Å². The lowest BCUT2D eigenvalue weighted by molar-refractivity contribution is 0.00347. The predicted octanol–water partition coefficient (Wildman–Crippen LogP) is 1.03. The fraction of sp³-hybridized carbons (Fsp3) is 0.429. The van der Waals surface area contributed by atoms with Crippen molar-refractivity contribution in [3.05, 3.63) is 23.8 Å². The molecule has 106 valence electrons. The van der Waals surface area contributed by atoms with Gasteiger partial charge in [-0.2, -0.15) is 5.26 Å². The number of nitrogens with zero attached hydrogens (tertiary/aromatic N) is 2. The van der Waals surface area contributed by atoms with Crippen molar-refractivity contribution in [3.8, 4) is 11.8 Å². The highest BCUT2D eigenvalue weighted by Crippen LogP contribution is 2.23. The van der Waals surface area contributed by atoms with Crippen LogP contribution >= 0.6 is 0 Å². The fourth-order valence-corrected chi connectivity index (χ4v) is 2.06. The number of carbonyl (C=O) groups excluding carboxylic acids is 1. The molecule has 1 aliphatic heterocycles. The van der Waals surface area contributed by atoms with Gasteiger partial charge < -0.3 is 20.1 Å². The number of hydrogen-bond donors (Lipinski definition) is 1. The summed E-state index contributed by atoms with van der Waals surface area (Å²) in [7, 11) is 0. The molecule has 1 aromatic rings. The molecule has 0 aromatic heterocycles. The SMILES string of the molecule is CCOc1ccc(C(=O)N2CCOC(C#N)C2)cc1N. The Morgan fingerprint density at radius 3 is 3.10 bits per heavy atom. The van der Waals surface area contributed by atoms with Gasteiger partial charge >= 0.3 is 0 Å². The highest BCUT2D eigenvalue weighted by atomic mass is 16.5. The molecule has 2 rings (SSSR count). The molecule has 0 spiro atoms. The number of hydrogen-bond acceptors (Lipinski definition) is 5. The van der Waals surface area contributed by atoms with Gasteiger partial charge in [-0.05, 0) is 25.1 Å². The molecule has 1 atom stereocenters. The molecule has 2 N–H and O–H groups in total. The van der Waals surface area contributed by atoms with Crippen LogP contribution in [0.15, 0.2) is 18.2 Å². The lowest BCUT2D eigenvalue weighted by Gasteiger charge is -2.29. The maximum absolute atomic E-state index is 12.3. The van der Waals surface area contributed by atoms with E-state index in [0.29, 0.717) is 36.8 Å². The first kappa shape index (κ1) is 14.2. The summed E-state index contributed by atoms with van der Waals surface area (Å²) in [5, 5.41) is 8.85. The molecular formula is C14H17N3O3. The number of amides is 1. The molecule has 6 heteroatoms. The molecule has 1 unspecified atom stereocenters. The van der Waals surface area contributed by atoms with Crippen LogP contribution in [0.1, 0.15) is 17.3 Å². The third kappa shape index (κ3) is 3.00. The maximum Gasteiger partial charge on any atom is 0.254 e. The number of morpholine rings is 1. The minimum atomic E-state index is -0.562. The summed E-state index contributed by atoms with van der Waals surface area (Å²) in [6.07, 6.45) is -0.562. The molecule has 0 bridgehead atoms. The van der Waals surface area contributed by atoms with Crippen LogP contribution in [0, 0.1) is 11.3 Å². The van der Waals surface area contributed by atoms with E-state index in [0.717, 1.165) is 0 Å². The Hall–Kier alpha value is -2.26. The van der Waals surface area contributed by atoms with Crippen molar-refractivity contribution in [1.82, 2.24) is 4.90 Å². The molecule has 1 aromatic carbocycles. The monoisotopic (exact) mass is 275 g/mol. The zero-order valence-electron chi connectivity index (χ0n) is 11.3. The second-order valence-corrected chi connectivity index (χ2v) is 4.43. The molecule has 1 aliphatic rings. The first-order valence-electron chi connectivity index (χ1n) is 6.48. The minimum absolute atomic E-state index is 0.150. The summed E-state index contributed by atoms with van der Waals surface area (Å²) in [5.74, 6) is 0.421. The zero-order valence-corrected chi connectivity index (χ0v) is 11.3. The summed E-state index contributed by atoms with van der Waals surface area (Å²) in [4.78, 5) is 14.0. The second-order valence-electron chi connectivity index (χ2n) is 4.43. The van der Waals surface area contributed by atoms with Crippen molar-refractivity contribution in [3.63, 3.8) is 0 Å². The largest absolute Gasteiger partial charge is 0.492 e. The molecule has 6 nitrogen and oxygen atoms in total. The Kier molecular flexibility index (Phi) is 4.43. The van der Waals surface area contributed by atoms with Crippen molar-refractivity contribution < 1.29 is 14.3 Å². The lowest BCUT2D eigenvalue weighted by Crippen LogP contribution is -2.45. The van der Waals surface area contributed by atoms with Gasteiger partial charge in [0.05, 0.1) is 31.5 Å². The Labute approximate surface area is 117 Å². The average Bonchev–Trinajstić information content (AvgIpc) is 2.49. The Bertz CT molecular complexity index is 539. The Morgan fingerprint density at radius 1 is 1.65 bits per heavy atom. The van der Waals surface area contributed by atoms with E-state index >= 15 is 0 Å². The normalized spacial score (nSPS) is 18.4. The number of nitrogens with two attached hydrogens (primary N) is 1. The van der Waals surface area contributed by atoms with Gasteiger partial charge in [-0.1, -0.05) is 0 Å². The number of anilines is 1. The van der Waals surface area contributed by atoms with Crippen molar-refractivity contribution >= 4 is 11.6 Å². The Balaban J connectivity index is 2.13. The molecule has 20 heavy (non-hydrogen) atoms. The van der Waals surface area contributed by atoms with E-state index in [2.05, 4.69) is 0 Å². The van der Waals surface area contributed by atoms with Crippen LogP contribution in [-0.2, 0) is 4.74 Å². The maximum atomic E-state index is 12.3. The van der Waals surface area contributed by atoms with Crippen molar-refractivity contribution in [2.45, 2.75) is 13.0 Å². The number of ether oxygens (including phenoxy) is 2. The first-order valence-corrected chi connectivity index (χ1v) is 6.48. The molecule has 1 amide bonds. The lowest BCUT2D eigenvalue weighted by atomic mass is 10.1. The molecule has 1 fully saturated rings. The zero-order chi connectivity index (χ0) is 14.5. The van der Waals surface area contributed by atoms with Gasteiger partial charge in [0, 0.05) is 12.1 Å². The highest BCUT2D eigenvalue weighted by Gasteiger charge is 2.25. The van der Waals surface area contributed by atoms with Crippen molar-refractivity contribution in [1.29, 1.82) is 5.26 Å². The van der Waals surface area contributed by atoms with E-state index in [1.807, 2.05) is 13.0 Å². The third-order valence-corrected chi connectivity index (χ3v) is 3.05. The minimum Gasteiger partial charge on any atom is -0.492 e. The summed E-state index contributed by atoms with van der Waals surface area (Å²) < 4.78 is 10.6. The smallest absolute Gasteiger partial charge is 0.254 e. The molecule has 0 aliphatic carbocycles. The van der Waals surface area contributed by atoms with E-state index in [9.17, 15) is 4.79 Å². The van der Waals surface area contributed by atoms with Gasteiger partial charge in [0.1, 0.15) is 5.75 Å². The number of carbonyl (C=O) groups is 1. The standard InChI is InChI=1S/C14H17N3O3/c1-2-19-13-4-3-10(7-12(13)16)14(18)17-5-6-20-11(8-15)9-17/h3-4,7,11H,2,5-6,9,16H2,1H3. The van der Waals surface area contributed by atoms with Crippen LogP contribution in [0.4, 0.5) is 5.69 Å². The van der Waals surface area contributed by atoms with Crippen molar-refractivity contribution in [2.75, 3.05) is 32.0 Å². The van der Waals surface area contributed by atoms with Gasteiger partial charge in [0.25, 0.3) is 5.91 Å². The van der Waals surface area contributed by atoms with Crippen LogP contribution in [0.2, 0.25) is 0 Å². The Morgan fingerprint density at radius 2 is 2.45 bits per heavy atom. The molecule has 1 heterocycles. The molecule has 0 saturated carbocycles. The van der Waals surface area contributed by atoms with Crippen LogP contribution in [0.5, 0.6) is 5.75 Å². The summed E-state index contributed by atoms with van der Waals surface area (Å²) in [5.41, 5.74) is 6.78. The summed E-state index contributed by atoms with van der Waals surface area (Å²) in [6.45, 7) is 3.52. The number of nitriles is 1. The van der Waals surface area contributed by atoms with Gasteiger partial charge in [0.15, 0.2) is 6.10 Å². The van der Waals surface area contributed by atoms with Crippen LogP contribution in [0.3, 0.4) is 0 Å². The van der Waals surface area contributed by atoms with E-state index in [1.54, 1.807) is 23.1 Å². The van der Waals surface area contributed by atoms with Crippen molar-refractivity contribution in [2.24, 2.45) is 0 Å². The first-order chi connectivity index (χ1) is 9.65.